The molecule has 21 heavy (non-hydrogen) atoms. The molecule has 0 saturated carbocycles. The van der Waals surface area contributed by atoms with Gasteiger partial charge in [-0.05, 0) is 36.9 Å². The van der Waals surface area contributed by atoms with Crippen LogP contribution in [0.1, 0.15) is 16.8 Å². The summed E-state index contributed by atoms with van der Waals surface area (Å²) in [4.78, 5) is 16.1. The van der Waals surface area contributed by atoms with Crippen LogP contribution in [0.15, 0.2) is 6.20 Å². The van der Waals surface area contributed by atoms with Crippen LogP contribution in [0.5, 0.6) is 0 Å². The fraction of sp³-hybridized carbons (Fsp3) is 0.600. The lowest BCUT2D eigenvalue weighted by Crippen LogP contribution is -2.36. The van der Waals surface area contributed by atoms with E-state index in [1.807, 2.05) is 6.92 Å². The van der Waals surface area contributed by atoms with Crippen molar-refractivity contribution in [1.29, 1.82) is 0 Å². The van der Waals surface area contributed by atoms with E-state index in [0.29, 0.717) is 11.6 Å². The molecule has 1 N–H and O–H groups in total. The number of pyridine rings is 1. The predicted octanol–water partition coefficient (Wildman–Crippen LogP) is 3.58. The standard InChI is InChI=1S/C15H23ClN2O2Si/c1-10-12-7-11(8-13(12)14(16)9-17-10)18-15(19)20-5-6-21(2,3)4/h9,11H,5-8H2,1-4H3,(H,18,19). The number of hydrogen-bond acceptors (Lipinski definition) is 3. The largest absolute Gasteiger partial charge is 0.450 e. The zero-order valence-electron chi connectivity index (χ0n) is 13.1. The van der Waals surface area contributed by atoms with E-state index >= 15 is 0 Å². The number of aryl methyl sites for hydroxylation is 1. The van der Waals surface area contributed by atoms with Crippen molar-refractivity contribution in [3.8, 4) is 0 Å². The van der Waals surface area contributed by atoms with Crippen molar-refractivity contribution in [3.63, 3.8) is 0 Å². The number of carbonyl (C=O) groups is 1. The van der Waals surface area contributed by atoms with Gasteiger partial charge in [-0.25, -0.2) is 4.79 Å². The third kappa shape index (κ3) is 4.45. The Bertz CT molecular complexity index is 512. The molecule has 6 heteroatoms. The van der Waals surface area contributed by atoms with Crippen molar-refractivity contribution in [3.05, 3.63) is 28.0 Å². The normalized spacial score (nSPS) is 17.5. The Hall–Kier alpha value is -1.07. The zero-order chi connectivity index (χ0) is 15.6. The van der Waals surface area contributed by atoms with Gasteiger partial charge >= 0.3 is 6.09 Å². The molecule has 1 atom stereocenters. The minimum Gasteiger partial charge on any atom is -0.450 e. The van der Waals surface area contributed by atoms with Crippen molar-refractivity contribution in [2.75, 3.05) is 6.61 Å². The van der Waals surface area contributed by atoms with Crippen LogP contribution >= 0.6 is 11.6 Å². The van der Waals surface area contributed by atoms with E-state index < -0.39 is 8.07 Å². The third-order valence-corrected chi connectivity index (χ3v) is 5.80. The van der Waals surface area contributed by atoms with Gasteiger partial charge in [-0.15, -0.1) is 0 Å². The number of fused-ring (bicyclic) bond motifs is 1. The van der Waals surface area contributed by atoms with Gasteiger partial charge in [0, 0.05) is 26.0 Å². The lowest BCUT2D eigenvalue weighted by atomic mass is 10.1. The Morgan fingerprint density at radius 3 is 2.71 bits per heavy atom. The molecule has 4 nitrogen and oxygen atoms in total. The molecule has 1 aromatic rings. The number of aromatic nitrogens is 1. The number of hydrogen-bond donors (Lipinski definition) is 1. The maximum Gasteiger partial charge on any atom is 0.407 e. The number of ether oxygens (including phenoxy) is 1. The van der Waals surface area contributed by atoms with Gasteiger partial charge in [-0.2, -0.15) is 0 Å². The van der Waals surface area contributed by atoms with Gasteiger partial charge in [0.1, 0.15) is 0 Å². The van der Waals surface area contributed by atoms with Crippen molar-refractivity contribution < 1.29 is 9.53 Å². The molecule has 0 aliphatic heterocycles. The van der Waals surface area contributed by atoms with Gasteiger partial charge in [0.05, 0.1) is 11.6 Å². The molecule has 0 fully saturated rings. The Morgan fingerprint density at radius 2 is 2.10 bits per heavy atom. The molecule has 0 bridgehead atoms. The monoisotopic (exact) mass is 326 g/mol. The molecule has 2 rings (SSSR count). The summed E-state index contributed by atoms with van der Waals surface area (Å²) in [6, 6.07) is 1.04. The summed E-state index contributed by atoms with van der Waals surface area (Å²) in [6.07, 6.45) is 2.89. The molecule has 1 aliphatic rings. The van der Waals surface area contributed by atoms with Gasteiger partial charge < -0.3 is 10.1 Å². The van der Waals surface area contributed by atoms with Crippen LogP contribution in [-0.2, 0) is 17.6 Å². The van der Waals surface area contributed by atoms with E-state index in [9.17, 15) is 4.79 Å². The summed E-state index contributed by atoms with van der Waals surface area (Å²) >= 11 is 6.18. The average molecular weight is 327 g/mol. The fourth-order valence-corrected chi connectivity index (χ4v) is 3.44. The summed E-state index contributed by atoms with van der Waals surface area (Å²) < 4.78 is 5.28. The number of rotatable bonds is 4. The van der Waals surface area contributed by atoms with Crippen LogP contribution in [0.3, 0.4) is 0 Å². The van der Waals surface area contributed by atoms with E-state index in [2.05, 4.69) is 29.9 Å². The lowest BCUT2D eigenvalue weighted by Gasteiger charge is -2.17. The number of halogens is 1. The number of nitrogens with one attached hydrogen (secondary N) is 1. The summed E-state index contributed by atoms with van der Waals surface area (Å²) in [5.74, 6) is 0. The molecule has 116 valence electrons. The molecule has 1 aliphatic carbocycles. The van der Waals surface area contributed by atoms with E-state index in [0.717, 1.165) is 35.7 Å². The van der Waals surface area contributed by atoms with Crippen LogP contribution in [0.25, 0.3) is 0 Å². The molecule has 0 spiro atoms. The van der Waals surface area contributed by atoms with Crippen LogP contribution in [-0.4, -0.2) is 31.8 Å². The summed E-state index contributed by atoms with van der Waals surface area (Å²) in [5.41, 5.74) is 3.26. The average Bonchev–Trinajstić information content (AvgIpc) is 2.77. The second-order valence-electron chi connectivity index (χ2n) is 6.84. The van der Waals surface area contributed by atoms with Gasteiger partial charge in [-0.3, -0.25) is 4.98 Å². The van der Waals surface area contributed by atoms with Gasteiger partial charge in [0.25, 0.3) is 0 Å². The number of nitrogens with zero attached hydrogens (tertiary/aromatic N) is 1. The number of amides is 1. The first-order valence-corrected chi connectivity index (χ1v) is 11.4. The second kappa shape index (κ2) is 6.36. The first-order valence-electron chi connectivity index (χ1n) is 7.32. The molecule has 1 heterocycles. The van der Waals surface area contributed by atoms with Crippen LogP contribution in [0, 0.1) is 6.92 Å². The highest BCUT2D eigenvalue weighted by atomic mass is 35.5. The van der Waals surface area contributed by atoms with Crippen LogP contribution in [0.2, 0.25) is 30.7 Å². The van der Waals surface area contributed by atoms with E-state index in [1.165, 1.54) is 0 Å². The molecular formula is C15H23ClN2O2Si. The van der Waals surface area contributed by atoms with E-state index in [1.54, 1.807) is 6.20 Å². The Balaban J connectivity index is 1.85. The van der Waals surface area contributed by atoms with Crippen molar-refractivity contribution >= 4 is 25.8 Å². The minimum atomic E-state index is -1.17. The lowest BCUT2D eigenvalue weighted by molar-refractivity contribution is 0.148. The Kier molecular flexibility index (Phi) is 4.94. The van der Waals surface area contributed by atoms with Gasteiger partial charge in [0.2, 0.25) is 0 Å². The molecule has 0 saturated heterocycles. The smallest absolute Gasteiger partial charge is 0.407 e. The number of alkyl carbamates (subject to hydrolysis) is 1. The summed E-state index contributed by atoms with van der Waals surface area (Å²) in [5, 5.41) is 3.62. The number of carbonyl (C=O) groups excluding carboxylic acids is 1. The second-order valence-corrected chi connectivity index (χ2v) is 12.9. The minimum absolute atomic E-state index is 0.0554. The Labute approximate surface area is 132 Å². The highest BCUT2D eigenvalue weighted by Crippen LogP contribution is 2.30. The maximum absolute atomic E-state index is 11.8. The van der Waals surface area contributed by atoms with Crippen molar-refractivity contribution in [1.82, 2.24) is 10.3 Å². The van der Waals surface area contributed by atoms with Crippen molar-refractivity contribution in [2.24, 2.45) is 0 Å². The molecule has 0 aromatic carbocycles. The van der Waals surface area contributed by atoms with E-state index in [-0.39, 0.29) is 12.1 Å². The predicted molar refractivity (Wildman–Crippen MR) is 87.8 cm³/mol. The molecule has 1 amide bonds. The van der Waals surface area contributed by atoms with Crippen molar-refractivity contribution in [2.45, 2.75) is 51.5 Å². The first kappa shape index (κ1) is 16.3. The SMILES string of the molecule is Cc1ncc(Cl)c2c1CC(NC(=O)OCC[Si](C)(C)C)C2. The quantitative estimate of drug-likeness (QED) is 0.860. The third-order valence-electron chi connectivity index (χ3n) is 3.77. The zero-order valence-corrected chi connectivity index (χ0v) is 14.9. The van der Waals surface area contributed by atoms with Crippen LogP contribution in [0.4, 0.5) is 4.79 Å². The fourth-order valence-electron chi connectivity index (χ4n) is 2.49. The maximum atomic E-state index is 11.8. The summed E-state index contributed by atoms with van der Waals surface area (Å²) in [6.45, 7) is 9.27. The topological polar surface area (TPSA) is 51.2 Å². The molecular weight excluding hydrogens is 304 g/mol. The molecule has 1 aromatic heterocycles. The summed E-state index contributed by atoms with van der Waals surface area (Å²) in [7, 11) is -1.17. The molecule has 0 radical (unpaired) electrons. The van der Waals surface area contributed by atoms with Gasteiger partial charge in [0.15, 0.2) is 0 Å². The van der Waals surface area contributed by atoms with Crippen LogP contribution < -0.4 is 5.32 Å². The van der Waals surface area contributed by atoms with Gasteiger partial charge in [-0.1, -0.05) is 31.2 Å². The Morgan fingerprint density at radius 1 is 1.43 bits per heavy atom. The first-order chi connectivity index (χ1) is 9.76. The highest BCUT2D eigenvalue weighted by Gasteiger charge is 2.27. The van der Waals surface area contributed by atoms with E-state index in [4.69, 9.17) is 16.3 Å². The molecule has 1 unspecified atom stereocenters. The highest BCUT2D eigenvalue weighted by molar-refractivity contribution is 6.76.